The SMILES string of the molecule is O=C(N[C@@H]1CC2CCN(CC2)C1)c1cc(F)c(C(F)(F)F)cn1. The summed E-state index contributed by atoms with van der Waals surface area (Å²) < 4.78 is 51.1. The first-order chi connectivity index (χ1) is 10.8. The highest BCUT2D eigenvalue weighted by molar-refractivity contribution is 5.92. The molecule has 1 amide bonds. The van der Waals surface area contributed by atoms with Gasteiger partial charge in [0, 0.05) is 24.8 Å². The fourth-order valence-corrected chi connectivity index (χ4v) is 3.32. The van der Waals surface area contributed by atoms with Gasteiger partial charge in [-0.2, -0.15) is 13.2 Å². The molecule has 0 spiro atoms. The molecule has 1 aromatic heterocycles. The van der Waals surface area contributed by atoms with Crippen LogP contribution >= 0.6 is 0 Å². The molecular weight excluding hydrogens is 314 g/mol. The van der Waals surface area contributed by atoms with Crippen molar-refractivity contribution in [3.63, 3.8) is 0 Å². The van der Waals surface area contributed by atoms with Gasteiger partial charge in [-0.15, -0.1) is 0 Å². The molecule has 0 unspecified atom stereocenters. The highest BCUT2D eigenvalue weighted by Gasteiger charge is 2.35. The highest BCUT2D eigenvalue weighted by Crippen LogP contribution is 2.31. The number of hydrogen-bond donors (Lipinski definition) is 1. The molecule has 0 radical (unpaired) electrons. The zero-order valence-corrected chi connectivity index (χ0v) is 12.4. The van der Waals surface area contributed by atoms with Crippen molar-refractivity contribution in [3.8, 4) is 0 Å². The fraction of sp³-hybridized carbons (Fsp3) is 0.600. The van der Waals surface area contributed by atoms with Crippen LogP contribution in [-0.2, 0) is 6.18 Å². The van der Waals surface area contributed by atoms with E-state index in [9.17, 15) is 22.4 Å². The summed E-state index contributed by atoms with van der Waals surface area (Å²) in [5, 5.41) is 2.77. The zero-order chi connectivity index (χ0) is 16.6. The second-order valence-corrected chi connectivity index (χ2v) is 6.20. The lowest BCUT2D eigenvalue weighted by molar-refractivity contribution is -0.140. The first-order valence-corrected chi connectivity index (χ1v) is 7.59. The average Bonchev–Trinajstić information content (AvgIpc) is 2.77. The minimum Gasteiger partial charge on any atom is -0.347 e. The predicted octanol–water partition coefficient (Wildman–Crippen LogP) is 2.45. The third-order valence-corrected chi connectivity index (χ3v) is 4.53. The van der Waals surface area contributed by atoms with Crippen LogP contribution in [0, 0.1) is 11.7 Å². The van der Waals surface area contributed by atoms with E-state index < -0.39 is 23.5 Å². The first kappa shape index (κ1) is 16.2. The van der Waals surface area contributed by atoms with Crippen molar-refractivity contribution >= 4 is 5.91 Å². The Kier molecular flexibility index (Phi) is 4.27. The molecule has 126 valence electrons. The molecule has 0 aromatic carbocycles. The number of nitrogens with zero attached hydrogens (tertiary/aromatic N) is 2. The Morgan fingerprint density at radius 3 is 2.61 bits per heavy atom. The largest absolute Gasteiger partial charge is 0.420 e. The number of hydrogen-bond acceptors (Lipinski definition) is 3. The van der Waals surface area contributed by atoms with Crippen molar-refractivity contribution in [2.24, 2.45) is 5.92 Å². The summed E-state index contributed by atoms with van der Waals surface area (Å²) in [6, 6.07) is 0.466. The van der Waals surface area contributed by atoms with Gasteiger partial charge in [-0.05, 0) is 38.3 Å². The van der Waals surface area contributed by atoms with E-state index in [0.29, 0.717) is 24.7 Å². The Morgan fingerprint density at radius 1 is 1.30 bits per heavy atom. The standard InChI is InChI=1S/C15H17F4N3O/c16-12-6-13(20-7-11(12)15(17,18)19)14(23)21-10-5-9-1-3-22(8-10)4-2-9/h6-7,9-10H,1-5,8H2,(H,21,23)/t10-/m1/s1. The third kappa shape index (κ3) is 3.63. The fourth-order valence-electron chi connectivity index (χ4n) is 3.32. The van der Waals surface area contributed by atoms with E-state index in [-0.39, 0.29) is 11.7 Å². The van der Waals surface area contributed by atoms with Gasteiger partial charge in [0.05, 0.1) is 0 Å². The van der Waals surface area contributed by atoms with E-state index in [4.69, 9.17) is 0 Å². The van der Waals surface area contributed by atoms with Gasteiger partial charge in [0.25, 0.3) is 5.91 Å². The predicted molar refractivity (Wildman–Crippen MR) is 74.2 cm³/mol. The minimum atomic E-state index is -4.82. The van der Waals surface area contributed by atoms with E-state index in [1.54, 1.807) is 0 Å². The summed E-state index contributed by atoms with van der Waals surface area (Å²) >= 11 is 0. The lowest BCUT2D eigenvalue weighted by Gasteiger charge is -2.26. The van der Waals surface area contributed by atoms with Crippen LogP contribution < -0.4 is 5.32 Å². The number of alkyl halides is 3. The number of carbonyl (C=O) groups excluding carboxylic acids is 1. The van der Waals surface area contributed by atoms with Crippen molar-refractivity contribution in [2.45, 2.75) is 31.5 Å². The lowest BCUT2D eigenvalue weighted by Crippen LogP contribution is -2.42. The Hall–Kier alpha value is -1.70. The monoisotopic (exact) mass is 331 g/mol. The van der Waals surface area contributed by atoms with Crippen molar-refractivity contribution in [1.82, 2.24) is 15.2 Å². The van der Waals surface area contributed by atoms with Crippen LogP contribution in [0.2, 0.25) is 0 Å². The van der Waals surface area contributed by atoms with Crippen LogP contribution in [-0.4, -0.2) is 41.5 Å². The summed E-state index contributed by atoms with van der Waals surface area (Å²) in [4.78, 5) is 17.9. The molecule has 3 saturated heterocycles. The normalized spacial score (nSPS) is 27.6. The van der Waals surface area contributed by atoms with Crippen LogP contribution in [0.25, 0.3) is 0 Å². The summed E-state index contributed by atoms with van der Waals surface area (Å²) in [5.74, 6) is -1.57. The summed E-state index contributed by atoms with van der Waals surface area (Å²) in [6.07, 6.45) is -1.42. The molecule has 0 aliphatic carbocycles. The molecular formula is C15H17F4N3O. The van der Waals surface area contributed by atoms with Crippen LogP contribution in [0.5, 0.6) is 0 Å². The van der Waals surface area contributed by atoms with E-state index in [1.165, 1.54) is 0 Å². The smallest absolute Gasteiger partial charge is 0.347 e. The van der Waals surface area contributed by atoms with Crippen LogP contribution in [0.3, 0.4) is 0 Å². The van der Waals surface area contributed by atoms with Gasteiger partial charge < -0.3 is 10.2 Å². The first-order valence-electron chi connectivity index (χ1n) is 7.59. The van der Waals surface area contributed by atoms with Crippen LogP contribution in [0.1, 0.15) is 35.3 Å². The Labute approximate surface area is 130 Å². The molecule has 3 aliphatic heterocycles. The van der Waals surface area contributed by atoms with E-state index >= 15 is 0 Å². The third-order valence-electron chi connectivity index (χ3n) is 4.53. The molecule has 8 heteroatoms. The average molecular weight is 331 g/mol. The van der Waals surface area contributed by atoms with Crippen molar-refractivity contribution < 1.29 is 22.4 Å². The number of pyridine rings is 1. The molecule has 23 heavy (non-hydrogen) atoms. The molecule has 4 rings (SSSR count). The maximum absolute atomic E-state index is 13.5. The summed E-state index contributed by atoms with van der Waals surface area (Å²) in [5.41, 5.74) is -1.80. The topological polar surface area (TPSA) is 45.2 Å². The van der Waals surface area contributed by atoms with Gasteiger partial charge in [0.15, 0.2) is 0 Å². The molecule has 3 aliphatic rings. The number of fused-ring (bicyclic) bond motifs is 4. The molecule has 3 fully saturated rings. The summed E-state index contributed by atoms with van der Waals surface area (Å²) in [7, 11) is 0. The van der Waals surface area contributed by atoms with Gasteiger partial charge in [-0.25, -0.2) is 4.39 Å². The lowest BCUT2D eigenvalue weighted by atomic mass is 9.94. The molecule has 1 atom stereocenters. The quantitative estimate of drug-likeness (QED) is 0.847. The molecule has 1 N–H and O–H groups in total. The van der Waals surface area contributed by atoms with E-state index in [2.05, 4.69) is 15.2 Å². The van der Waals surface area contributed by atoms with Crippen molar-refractivity contribution in [3.05, 3.63) is 29.3 Å². The van der Waals surface area contributed by atoms with Gasteiger partial charge in [-0.3, -0.25) is 9.78 Å². The second kappa shape index (κ2) is 6.07. The number of aromatic nitrogens is 1. The second-order valence-electron chi connectivity index (χ2n) is 6.20. The van der Waals surface area contributed by atoms with Gasteiger partial charge >= 0.3 is 6.18 Å². The number of halogens is 4. The van der Waals surface area contributed by atoms with Crippen molar-refractivity contribution in [2.75, 3.05) is 19.6 Å². The Morgan fingerprint density at radius 2 is 2.00 bits per heavy atom. The van der Waals surface area contributed by atoms with Crippen LogP contribution in [0.4, 0.5) is 17.6 Å². The Balaban J connectivity index is 1.70. The molecule has 0 saturated carbocycles. The molecule has 4 nitrogen and oxygen atoms in total. The molecule has 2 bridgehead atoms. The summed E-state index contributed by atoms with van der Waals surface area (Å²) in [6.45, 7) is 2.72. The van der Waals surface area contributed by atoms with Gasteiger partial charge in [-0.1, -0.05) is 0 Å². The minimum absolute atomic E-state index is 0.0790. The number of piperidine rings is 1. The van der Waals surface area contributed by atoms with E-state index in [1.807, 2.05) is 0 Å². The number of nitrogens with one attached hydrogen (secondary N) is 1. The van der Waals surface area contributed by atoms with Crippen molar-refractivity contribution in [1.29, 1.82) is 0 Å². The van der Waals surface area contributed by atoms with E-state index in [0.717, 1.165) is 32.4 Å². The number of carbonyl (C=O) groups is 1. The van der Waals surface area contributed by atoms with Crippen LogP contribution in [0.15, 0.2) is 12.3 Å². The van der Waals surface area contributed by atoms with Gasteiger partial charge in [0.1, 0.15) is 17.1 Å². The number of amides is 1. The molecule has 1 aromatic rings. The zero-order valence-electron chi connectivity index (χ0n) is 12.4. The maximum atomic E-state index is 13.5. The van der Waals surface area contributed by atoms with Gasteiger partial charge in [0.2, 0.25) is 0 Å². The molecule has 4 heterocycles. The maximum Gasteiger partial charge on any atom is 0.420 e. The highest BCUT2D eigenvalue weighted by atomic mass is 19.4. The number of rotatable bonds is 2. The Bertz CT molecular complexity index is 583.